The molecule has 1 saturated carbocycles. The first-order valence-corrected chi connectivity index (χ1v) is 9.30. The van der Waals surface area contributed by atoms with Crippen molar-refractivity contribution in [2.24, 2.45) is 4.99 Å². The first-order valence-electron chi connectivity index (χ1n) is 8.05. The highest BCUT2D eigenvalue weighted by Gasteiger charge is 2.44. The molecule has 2 aromatic rings. The van der Waals surface area contributed by atoms with E-state index in [2.05, 4.69) is 20.6 Å². The Bertz CT molecular complexity index is 782. The minimum absolute atomic E-state index is 0.0623. The Morgan fingerprint density at radius 2 is 1.96 bits per heavy atom. The van der Waals surface area contributed by atoms with E-state index in [1.165, 1.54) is 5.56 Å². The van der Waals surface area contributed by atoms with Crippen LogP contribution < -0.4 is 10.6 Å². The third kappa shape index (κ3) is 4.48. The summed E-state index contributed by atoms with van der Waals surface area (Å²) in [6.45, 7) is 0.883. The predicted octanol–water partition coefficient (Wildman–Crippen LogP) is 4.21. The van der Waals surface area contributed by atoms with Crippen LogP contribution in [-0.4, -0.2) is 24.5 Å². The minimum atomic E-state index is -4.41. The van der Waals surface area contributed by atoms with Crippen LogP contribution in [0, 0.1) is 0 Å². The van der Waals surface area contributed by atoms with Crippen LogP contribution in [0.15, 0.2) is 34.6 Å². The lowest BCUT2D eigenvalue weighted by molar-refractivity contribution is -0.140. The summed E-state index contributed by atoms with van der Waals surface area (Å²) in [5.74, 6) is 0.536. The van der Waals surface area contributed by atoms with E-state index in [9.17, 15) is 13.2 Å². The van der Waals surface area contributed by atoms with Crippen LogP contribution in [0.5, 0.6) is 0 Å². The molecule has 0 amide bonds. The van der Waals surface area contributed by atoms with Crippen molar-refractivity contribution in [2.75, 3.05) is 13.6 Å². The first-order chi connectivity index (χ1) is 12.3. The van der Waals surface area contributed by atoms with Crippen LogP contribution >= 0.6 is 22.9 Å². The van der Waals surface area contributed by atoms with Gasteiger partial charge in [0.1, 0.15) is 5.01 Å². The molecule has 1 aromatic heterocycles. The maximum Gasteiger partial charge on any atom is 0.434 e. The van der Waals surface area contributed by atoms with E-state index in [1.807, 2.05) is 24.3 Å². The summed E-state index contributed by atoms with van der Waals surface area (Å²) in [7, 11) is 1.63. The Kier molecular flexibility index (Phi) is 5.43. The summed E-state index contributed by atoms with van der Waals surface area (Å²) in [5.41, 5.74) is 0.425. The molecule has 1 heterocycles. The molecule has 3 rings (SSSR count). The van der Waals surface area contributed by atoms with Gasteiger partial charge in [0.15, 0.2) is 11.7 Å². The molecule has 0 aliphatic heterocycles. The molecule has 4 nitrogen and oxygen atoms in total. The maximum absolute atomic E-state index is 12.6. The van der Waals surface area contributed by atoms with Gasteiger partial charge in [0.05, 0.1) is 6.54 Å². The van der Waals surface area contributed by atoms with Crippen LogP contribution in [0.1, 0.15) is 29.1 Å². The fourth-order valence-electron chi connectivity index (χ4n) is 2.68. The lowest BCUT2D eigenvalue weighted by Gasteiger charge is -2.19. The molecule has 9 heteroatoms. The topological polar surface area (TPSA) is 49.3 Å². The van der Waals surface area contributed by atoms with Crippen molar-refractivity contribution < 1.29 is 13.2 Å². The normalized spacial score (nSPS) is 16.4. The number of alkyl halides is 3. The largest absolute Gasteiger partial charge is 0.434 e. The summed E-state index contributed by atoms with van der Waals surface area (Å²) in [6.07, 6.45) is -2.27. The smallest absolute Gasteiger partial charge is 0.356 e. The number of rotatable bonds is 5. The third-order valence-corrected chi connectivity index (χ3v) is 5.48. The van der Waals surface area contributed by atoms with Crippen molar-refractivity contribution in [2.45, 2.75) is 31.0 Å². The molecular formula is C17H18ClF3N4S. The zero-order chi connectivity index (χ0) is 18.8. The summed E-state index contributed by atoms with van der Waals surface area (Å²) >= 11 is 6.92. The van der Waals surface area contributed by atoms with Crippen molar-refractivity contribution in [3.63, 3.8) is 0 Å². The highest BCUT2D eigenvalue weighted by molar-refractivity contribution is 7.09. The Balaban J connectivity index is 1.54. The molecule has 0 bridgehead atoms. The number of thiazole rings is 1. The number of hydrogen-bond acceptors (Lipinski definition) is 3. The average molecular weight is 403 g/mol. The number of nitrogens with one attached hydrogen (secondary N) is 2. The van der Waals surface area contributed by atoms with E-state index < -0.39 is 11.9 Å². The minimum Gasteiger partial charge on any atom is -0.356 e. The maximum atomic E-state index is 12.6. The van der Waals surface area contributed by atoms with Gasteiger partial charge in [-0.1, -0.05) is 23.7 Å². The monoisotopic (exact) mass is 402 g/mol. The zero-order valence-electron chi connectivity index (χ0n) is 14.0. The fourth-order valence-corrected chi connectivity index (χ4v) is 3.54. The second-order valence-electron chi connectivity index (χ2n) is 6.19. The van der Waals surface area contributed by atoms with Gasteiger partial charge in [-0.3, -0.25) is 4.99 Å². The Morgan fingerprint density at radius 3 is 2.50 bits per heavy atom. The molecule has 1 fully saturated rings. The van der Waals surface area contributed by atoms with E-state index in [1.54, 1.807) is 7.05 Å². The Labute approximate surface area is 158 Å². The van der Waals surface area contributed by atoms with Crippen molar-refractivity contribution in [1.82, 2.24) is 15.6 Å². The van der Waals surface area contributed by atoms with Crippen molar-refractivity contribution in [3.05, 3.63) is 50.9 Å². The summed E-state index contributed by atoms with van der Waals surface area (Å²) in [4.78, 5) is 7.73. The van der Waals surface area contributed by atoms with Crippen molar-refractivity contribution >= 4 is 28.9 Å². The number of guanidine groups is 1. The van der Waals surface area contributed by atoms with Crippen molar-refractivity contribution in [3.8, 4) is 0 Å². The SMILES string of the molecule is CN=C(NCc1nc(C(F)(F)F)cs1)NCC1(c2ccc(Cl)cc2)CC1. The van der Waals surface area contributed by atoms with E-state index in [0.717, 1.165) is 29.6 Å². The second-order valence-corrected chi connectivity index (χ2v) is 7.57. The van der Waals surface area contributed by atoms with Gasteiger partial charge in [-0.2, -0.15) is 13.2 Å². The molecule has 0 spiro atoms. The van der Waals surface area contributed by atoms with E-state index in [-0.39, 0.29) is 12.0 Å². The van der Waals surface area contributed by atoms with Gasteiger partial charge in [-0.15, -0.1) is 11.3 Å². The van der Waals surface area contributed by atoms with Crippen LogP contribution in [0.2, 0.25) is 5.02 Å². The molecule has 0 saturated heterocycles. The second kappa shape index (κ2) is 7.44. The molecule has 0 unspecified atom stereocenters. The van der Waals surface area contributed by atoms with Gasteiger partial charge in [0, 0.05) is 29.4 Å². The van der Waals surface area contributed by atoms with Crippen LogP contribution in [0.4, 0.5) is 13.2 Å². The Morgan fingerprint density at radius 1 is 1.27 bits per heavy atom. The lowest BCUT2D eigenvalue weighted by atomic mass is 9.96. The molecule has 0 radical (unpaired) electrons. The number of benzene rings is 1. The molecule has 1 aliphatic carbocycles. The van der Waals surface area contributed by atoms with Crippen molar-refractivity contribution in [1.29, 1.82) is 0 Å². The molecule has 2 N–H and O–H groups in total. The quantitative estimate of drug-likeness (QED) is 0.581. The molecule has 1 aliphatic rings. The molecule has 0 atom stereocenters. The van der Waals surface area contributed by atoms with E-state index in [0.29, 0.717) is 22.5 Å². The fraction of sp³-hybridized carbons (Fsp3) is 0.412. The number of halogens is 4. The van der Waals surface area contributed by atoms with Gasteiger partial charge in [0.25, 0.3) is 0 Å². The van der Waals surface area contributed by atoms with Gasteiger partial charge in [0.2, 0.25) is 0 Å². The number of aromatic nitrogens is 1. The lowest BCUT2D eigenvalue weighted by Crippen LogP contribution is -2.40. The standard InChI is InChI=1S/C17H18ClF3N4S/c1-22-15(23-8-14-25-13(9-26-14)17(19,20)21)24-10-16(6-7-16)11-2-4-12(18)5-3-11/h2-5,9H,6-8,10H2,1H3,(H2,22,23,24). The van der Waals surface area contributed by atoms with Gasteiger partial charge in [-0.25, -0.2) is 4.98 Å². The zero-order valence-corrected chi connectivity index (χ0v) is 15.6. The number of nitrogens with zero attached hydrogens (tertiary/aromatic N) is 2. The first kappa shape index (κ1) is 19.0. The highest BCUT2D eigenvalue weighted by atomic mass is 35.5. The molecule has 140 valence electrons. The van der Waals surface area contributed by atoms with Gasteiger partial charge < -0.3 is 10.6 Å². The van der Waals surface area contributed by atoms with E-state index in [4.69, 9.17) is 11.6 Å². The summed E-state index contributed by atoms with van der Waals surface area (Å²) < 4.78 is 37.8. The Hall–Kier alpha value is -1.80. The van der Waals surface area contributed by atoms with Crippen LogP contribution in [0.3, 0.4) is 0 Å². The molecule has 1 aromatic carbocycles. The number of hydrogen-bond donors (Lipinski definition) is 2. The average Bonchev–Trinajstić information content (AvgIpc) is 3.22. The third-order valence-electron chi connectivity index (χ3n) is 4.38. The van der Waals surface area contributed by atoms with Crippen LogP contribution in [-0.2, 0) is 18.1 Å². The van der Waals surface area contributed by atoms with Gasteiger partial charge >= 0.3 is 6.18 Å². The van der Waals surface area contributed by atoms with Crippen LogP contribution in [0.25, 0.3) is 0 Å². The highest BCUT2D eigenvalue weighted by Crippen LogP contribution is 2.47. The summed E-state index contributed by atoms with van der Waals surface area (Å²) in [5, 5.41) is 8.35. The van der Waals surface area contributed by atoms with Gasteiger partial charge in [-0.05, 0) is 30.5 Å². The molecular weight excluding hydrogens is 385 g/mol. The number of aliphatic imine (C=N–C) groups is 1. The molecule has 26 heavy (non-hydrogen) atoms. The summed E-state index contributed by atoms with van der Waals surface area (Å²) in [6, 6.07) is 7.82. The predicted molar refractivity (Wildman–Crippen MR) is 97.7 cm³/mol. The van der Waals surface area contributed by atoms with E-state index >= 15 is 0 Å².